The van der Waals surface area contributed by atoms with Crippen molar-refractivity contribution in [3.8, 4) is 0 Å². The molecule has 0 saturated heterocycles. The summed E-state index contributed by atoms with van der Waals surface area (Å²) in [5.41, 5.74) is 5.43. The third kappa shape index (κ3) is 8.49. The maximum atomic E-state index is 11.7. The summed E-state index contributed by atoms with van der Waals surface area (Å²) in [6.45, 7) is -0.0851. The molecule has 100 valence electrons. The highest BCUT2D eigenvalue weighted by Crippen LogP contribution is 2.11. The number of carbonyl (C=O) groups excluding carboxylic acids is 2. The second-order valence-corrected chi connectivity index (χ2v) is 3.50. The van der Waals surface area contributed by atoms with Gasteiger partial charge in [-0.05, 0) is 6.42 Å². The van der Waals surface area contributed by atoms with Gasteiger partial charge >= 0.3 is 6.18 Å². The van der Waals surface area contributed by atoms with Gasteiger partial charge in [0.15, 0.2) is 0 Å². The summed E-state index contributed by atoms with van der Waals surface area (Å²) < 4.78 is 35.2. The smallest absolute Gasteiger partial charge is 0.346 e. The molecular formula is C9H16F3N3O2. The number of nitrogens with two attached hydrogens (primary N) is 1. The lowest BCUT2D eigenvalue weighted by molar-refractivity contribution is -0.138. The SMILES string of the molecule is CCCC(N)C(=O)NCC(=O)NCC(F)(F)F. The molecule has 1 unspecified atom stereocenters. The largest absolute Gasteiger partial charge is 0.405 e. The molecule has 0 aliphatic rings. The van der Waals surface area contributed by atoms with E-state index in [1.807, 2.05) is 6.92 Å². The van der Waals surface area contributed by atoms with E-state index in [9.17, 15) is 22.8 Å². The normalized spacial score (nSPS) is 13.0. The van der Waals surface area contributed by atoms with E-state index in [1.54, 1.807) is 5.32 Å². The summed E-state index contributed by atoms with van der Waals surface area (Å²) >= 11 is 0. The summed E-state index contributed by atoms with van der Waals surface area (Å²) in [6, 6.07) is -0.740. The topological polar surface area (TPSA) is 84.2 Å². The van der Waals surface area contributed by atoms with Gasteiger partial charge in [-0.1, -0.05) is 13.3 Å². The molecule has 0 aromatic rings. The molecule has 0 radical (unpaired) electrons. The Labute approximate surface area is 96.9 Å². The van der Waals surface area contributed by atoms with Crippen LogP contribution in [0.25, 0.3) is 0 Å². The maximum Gasteiger partial charge on any atom is 0.405 e. The fraction of sp³-hybridized carbons (Fsp3) is 0.778. The summed E-state index contributed by atoms with van der Waals surface area (Å²) in [7, 11) is 0. The average molecular weight is 255 g/mol. The van der Waals surface area contributed by atoms with E-state index in [1.165, 1.54) is 0 Å². The lowest BCUT2D eigenvalue weighted by atomic mass is 10.2. The molecule has 0 aliphatic carbocycles. The Bertz CT molecular complexity index is 269. The monoisotopic (exact) mass is 255 g/mol. The van der Waals surface area contributed by atoms with Crippen molar-refractivity contribution in [3.05, 3.63) is 0 Å². The molecule has 0 fully saturated rings. The molecule has 0 rings (SSSR count). The number of nitrogens with one attached hydrogen (secondary N) is 2. The molecule has 1 atom stereocenters. The Morgan fingerprint density at radius 2 is 1.88 bits per heavy atom. The van der Waals surface area contributed by atoms with Crippen molar-refractivity contribution in [2.24, 2.45) is 5.73 Å². The molecule has 17 heavy (non-hydrogen) atoms. The number of hydrogen-bond acceptors (Lipinski definition) is 3. The third-order valence-electron chi connectivity index (χ3n) is 1.85. The first-order valence-corrected chi connectivity index (χ1v) is 5.13. The van der Waals surface area contributed by atoms with Crippen LogP contribution in [0.4, 0.5) is 13.2 Å². The summed E-state index contributed by atoms with van der Waals surface area (Å²) in [5, 5.41) is 3.79. The molecule has 0 saturated carbocycles. The molecule has 5 nitrogen and oxygen atoms in total. The fourth-order valence-corrected chi connectivity index (χ4v) is 1.00. The van der Waals surface area contributed by atoms with E-state index in [-0.39, 0.29) is 0 Å². The van der Waals surface area contributed by atoms with Crippen LogP contribution in [0, 0.1) is 0 Å². The van der Waals surface area contributed by atoms with Gasteiger partial charge in [0.25, 0.3) is 0 Å². The van der Waals surface area contributed by atoms with Crippen LogP contribution in [0.1, 0.15) is 19.8 Å². The second-order valence-electron chi connectivity index (χ2n) is 3.50. The van der Waals surface area contributed by atoms with Gasteiger partial charge in [-0.3, -0.25) is 9.59 Å². The molecule has 4 N–H and O–H groups in total. The molecule has 0 heterocycles. The van der Waals surface area contributed by atoms with Crippen LogP contribution in [0.2, 0.25) is 0 Å². The number of halogens is 3. The van der Waals surface area contributed by atoms with Gasteiger partial charge in [0.1, 0.15) is 6.54 Å². The van der Waals surface area contributed by atoms with Crippen LogP contribution in [-0.4, -0.2) is 37.1 Å². The van der Waals surface area contributed by atoms with E-state index in [0.717, 1.165) is 0 Å². The molecule has 0 aliphatic heterocycles. The third-order valence-corrected chi connectivity index (χ3v) is 1.85. The predicted octanol–water partition coefficient (Wildman–Crippen LogP) is -0.0915. The molecular weight excluding hydrogens is 239 g/mol. The highest BCUT2D eigenvalue weighted by Gasteiger charge is 2.27. The van der Waals surface area contributed by atoms with Crippen molar-refractivity contribution in [2.45, 2.75) is 32.0 Å². The van der Waals surface area contributed by atoms with Crippen molar-refractivity contribution in [1.29, 1.82) is 0 Å². The standard InChI is InChI=1S/C9H16F3N3O2/c1-2-3-6(13)8(17)14-4-7(16)15-5-9(10,11)12/h6H,2-5,13H2,1H3,(H,14,17)(H,15,16). The number of rotatable bonds is 6. The molecule has 0 aromatic carbocycles. The predicted molar refractivity (Wildman–Crippen MR) is 55.0 cm³/mol. The van der Waals surface area contributed by atoms with Gasteiger partial charge in [0, 0.05) is 0 Å². The fourth-order valence-electron chi connectivity index (χ4n) is 1.00. The minimum absolute atomic E-state index is 0.454. The zero-order valence-electron chi connectivity index (χ0n) is 9.43. The number of amides is 2. The van der Waals surface area contributed by atoms with Gasteiger partial charge in [0.2, 0.25) is 11.8 Å². The van der Waals surface area contributed by atoms with E-state index in [2.05, 4.69) is 5.32 Å². The van der Waals surface area contributed by atoms with Crippen LogP contribution in [0.15, 0.2) is 0 Å². The van der Waals surface area contributed by atoms with E-state index in [4.69, 9.17) is 5.73 Å². The Morgan fingerprint density at radius 1 is 1.29 bits per heavy atom. The van der Waals surface area contributed by atoms with Crippen molar-refractivity contribution < 1.29 is 22.8 Å². The highest BCUT2D eigenvalue weighted by atomic mass is 19.4. The highest BCUT2D eigenvalue weighted by molar-refractivity contribution is 5.87. The summed E-state index contributed by atoms with van der Waals surface area (Å²) in [4.78, 5) is 22.1. The Kier molecular flexibility index (Phi) is 6.55. The Morgan fingerprint density at radius 3 is 2.35 bits per heavy atom. The van der Waals surface area contributed by atoms with Gasteiger partial charge in [-0.2, -0.15) is 13.2 Å². The molecule has 2 amide bonds. The van der Waals surface area contributed by atoms with Crippen LogP contribution >= 0.6 is 0 Å². The first-order chi connectivity index (χ1) is 7.76. The van der Waals surface area contributed by atoms with Crippen LogP contribution in [-0.2, 0) is 9.59 Å². The number of carbonyl (C=O) groups is 2. The molecule has 0 spiro atoms. The minimum atomic E-state index is -4.46. The lowest BCUT2D eigenvalue weighted by Crippen LogP contribution is -2.46. The summed E-state index contributed by atoms with van der Waals surface area (Å²) in [6.07, 6.45) is -3.30. The Hall–Kier alpha value is -1.31. The van der Waals surface area contributed by atoms with Crippen LogP contribution in [0.3, 0.4) is 0 Å². The van der Waals surface area contributed by atoms with Crippen molar-refractivity contribution in [1.82, 2.24) is 10.6 Å². The minimum Gasteiger partial charge on any atom is -0.346 e. The quantitative estimate of drug-likeness (QED) is 0.620. The van der Waals surface area contributed by atoms with Gasteiger partial charge in [-0.25, -0.2) is 0 Å². The van der Waals surface area contributed by atoms with E-state index < -0.39 is 37.1 Å². The van der Waals surface area contributed by atoms with Crippen LogP contribution < -0.4 is 16.4 Å². The van der Waals surface area contributed by atoms with E-state index in [0.29, 0.717) is 12.8 Å². The van der Waals surface area contributed by atoms with E-state index >= 15 is 0 Å². The average Bonchev–Trinajstić information content (AvgIpc) is 2.22. The molecule has 0 bridgehead atoms. The second kappa shape index (κ2) is 7.10. The Balaban J connectivity index is 3.81. The molecule has 8 heteroatoms. The van der Waals surface area contributed by atoms with Crippen molar-refractivity contribution in [3.63, 3.8) is 0 Å². The number of alkyl halides is 3. The van der Waals surface area contributed by atoms with Gasteiger partial charge < -0.3 is 16.4 Å². The lowest BCUT2D eigenvalue weighted by Gasteiger charge is -2.12. The van der Waals surface area contributed by atoms with Crippen LogP contribution in [0.5, 0.6) is 0 Å². The van der Waals surface area contributed by atoms with Crippen molar-refractivity contribution >= 4 is 11.8 Å². The summed E-state index contributed by atoms with van der Waals surface area (Å²) in [5.74, 6) is -1.45. The molecule has 0 aromatic heterocycles. The van der Waals surface area contributed by atoms with Gasteiger partial charge in [-0.15, -0.1) is 0 Å². The zero-order chi connectivity index (χ0) is 13.5. The number of hydrogen-bond donors (Lipinski definition) is 3. The zero-order valence-corrected chi connectivity index (χ0v) is 9.43. The van der Waals surface area contributed by atoms with Crippen molar-refractivity contribution in [2.75, 3.05) is 13.1 Å². The van der Waals surface area contributed by atoms with Gasteiger partial charge in [0.05, 0.1) is 12.6 Å². The maximum absolute atomic E-state index is 11.7. The first kappa shape index (κ1) is 15.7. The first-order valence-electron chi connectivity index (χ1n) is 5.13.